The topological polar surface area (TPSA) is 54.2 Å². The second-order valence-electron chi connectivity index (χ2n) is 5.82. The monoisotopic (exact) mass is 400 g/mol. The van der Waals surface area contributed by atoms with E-state index in [0.717, 1.165) is 36.2 Å². The molecule has 1 aliphatic rings. The van der Waals surface area contributed by atoms with Gasteiger partial charge in [-0.15, -0.1) is 12.4 Å². The molecule has 1 saturated heterocycles. The zero-order chi connectivity index (χ0) is 15.4. The first kappa shape index (κ1) is 18.4. The molecule has 7 heteroatoms. The Morgan fingerprint density at radius 3 is 3.09 bits per heavy atom. The molecule has 23 heavy (non-hydrogen) atoms. The molecule has 2 heterocycles. The van der Waals surface area contributed by atoms with Crippen molar-refractivity contribution in [2.45, 2.75) is 19.4 Å². The lowest BCUT2D eigenvalue weighted by atomic mass is 9.98. The lowest BCUT2D eigenvalue weighted by Crippen LogP contribution is -2.38. The molecule has 126 valence electrons. The maximum atomic E-state index is 5.42. The third-order valence-electron chi connectivity index (χ3n) is 4.01. The van der Waals surface area contributed by atoms with E-state index in [0.29, 0.717) is 17.6 Å². The summed E-state index contributed by atoms with van der Waals surface area (Å²) < 4.78 is 6.44. The van der Waals surface area contributed by atoms with Gasteiger partial charge in [0, 0.05) is 16.6 Å². The molecule has 5 nitrogen and oxygen atoms in total. The van der Waals surface area contributed by atoms with E-state index in [2.05, 4.69) is 36.3 Å². The van der Waals surface area contributed by atoms with Gasteiger partial charge in [-0.2, -0.15) is 4.98 Å². The van der Waals surface area contributed by atoms with E-state index in [1.165, 1.54) is 12.8 Å². The van der Waals surface area contributed by atoms with Crippen molar-refractivity contribution in [1.29, 1.82) is 0 Å². The molecule has 1 N–H and O–H groups in total. The Labute approximate surface area is 151 Å². The van der Waals surface area contributed by atoms with Gasteiger partial charge in [0.25, 0.3) is 0 Å². The average molecular weight is 402 g/mol. The molecular weight excluding hydrogens is 380 g/mol. The smallest absolute Gasteiger partial charge is 0.241 e. The van der Waals surface area contributed by atoms with Crippen LogP contribution in [0.15, 0.2) is 33.3 Å². The number of halogens is 2. The quantitative estimate of drug-likeness (QED) is 0.832. The Morgan fingerprint density at radius 2 is 2.30 bits per heavy atom. The first-order chi connectivity index (χ1) is 10.7. The van der Waals surface area contributed by atoms with Gasteiger partial charge in [0.1, 0.15) is 0 Å². The van der Waals surface area contributed by atoms with Gasteiger partial charge in [-0.25, -0.2) is 0 Å². The summed E-state index contributed by atoms with van der Waals surface area (Å²) >= 11 is 3.47. The second-order valence-corrected chi connectivity index (χ2v) is 6.74. The van der Waals surface area contributed by atoms with Crippen LogP contribution in [0.25, 0.3) is 11.4 Å². The summed E-state index contributed by atoms with van der Waals surface area (Å²) in [5.74, 6) is 2.06. The van der Waals surface area contributed by atoms with Crippen LogP contribution in [0.2, 0.25) is 0 Å². The fourth-order valence-electron chi connectivity index (χ4n) is 3.01. The largest absolute Gasteiger partial charge is 0.338 e. The Kier molecular flexibility index (Phi) is 7.02. The van der Waals surface area contributed by atoms with Crippen LogP contribution in [0.5, 0.6) is 0 Å². The van der Waals surface area contributed by atoms with Crippen molar-refractivity contribution in [3.8, 4) is 11.4 Å². The minimum atomic E-state index is 0. The third kappa shape index (κ3) is 5.01. The summed E-state index contributed by atoms with van der Waals surface area (Å²) in [4.78, 5) is 6.94. The van der Waals surface area contributed by atoms with E-state index in [9.17, 15) is 0 Å². The summed E-state index contributed by atoms with van der Waals surface area (Å²) in [6, 6.07) is 7.95. The minimum Gasteiger partial charge on any atom is -0.338 e. The van der Waals surface area contributed by atoms with Crippen LogP contribution < -0.4 is 5.32 Å². The fourth-order valence-corrected chi connectivity index (χ4v) is 3.40. The van der Waals surface area contributed by atoms with Crippen LogP contribution >= 0.6 is 28.3 Å². The molecule has 0 amide bonds. The van der Waals surface area contributed by atoms with Gasteiger partial charge < -0.3 is 9.84 Å². The van der Waals surface area contributed by atoms with Crippen molar-refractivity contribution < 1.29 is 4.52 Å². The predicted octanol–water partition coefficient (Wildman–Crippen LogP) is 3.35. The van der Waals surface area contributed by atoms with Crippen LogP contribution in [0.3, 0.4) is 0 Å². The fraction of sp³-hybridized carbons (Fsp3) is 0.500. The molecule has 0 saturated carbocycles. The van der Waals surface area contributed by atoms with Crippen molar-refractivity contribution in [1.82, 2.24) is 20.4 Å². The number of nitrogens with one attached hydrogen (secondary N) is 1. The number of benzene rings is 1. The lowest BCUT2D eigenvalue weighted by molar-refractivity contribution is 0.149. The van der Waals surface area contributed by atoms with Crippen LogP contribution in [-0.2, 0) is 6.54 Å². The van der Waals surface area contributed by atoms with Crippen molar-refractivity contribution >= 4 is 28.3 Å². The summed E-state index contributed by atoms with van der Waals surface area (Å²) in [5, 5.41) is 7.37. The first-order valence-corrected chi connectivity index (χ1v) is 8.49. The van der Waals surface area contributed by atoms with Gasteiger partial charge in [-0.05, 0) is 51.0 Å². The highest BCUT2D eigenvalue weighted by molar-refractivity contribution is 9.10. The molecule has 0 bridgehead atoms. The SMILES string of the molecule is CNCC1CCCN(Cc2nc(-c3cccc(Br)c3)no2)C1.Cl. The molecule has 0 aliphatic carbocycles. The van der Waals surface area contributed by atoms with Gasteiger partial charge in [0.05, 0.1) is 6.54 Å². The summed E-state index contributed by atoms with van der Waals surface area (Å²) in [6.07, 6.45) is 2.53. The molecule has 2 aromatic rings. The molecule has 0 spiro atoms. The second kappa shape index (κ2) is 8.78. The molecule has 1 aliphatic heterocycles. The van der Waals surface area contributed by atoms with E-state index in [-0.39, 0.29) is 12.4 Å². The van der Waals surface area contributed by atoms with Crippen molar-refractivity contribution in [3.05, 3.63) is 34.6 Å². The molecule has 1 fully saturated rings. The molecule has 3 rings (SSSR count). The molecule has 0 radical (unpaired) electrons. The molecular formula is C16H22BrClN4O. The van der Waals surface area contributed by atoms with Gasteiger partial charge >= 0.3 is 0 Å². The lowest BCUT2D eigenvalue weighted by Gasteiger charge is -2.31. The van der Waals surface area contributed by atoms with Gasteiger partial charge in [-0.1, -0.05) is 33.2 Å². The zero-order valence-corrected chi connectivity index (χ0v) is 15.6. The summed E-state index contributed by atoms with van der Waals surface area (Å²) in [6.45, 7) is 4.01. The predicted molar refractivity (Wildman–Crippen MR) is 96.6 cm³/mol. The highest BCUT2D eigenvalue weighted by atomic mass is 79.9. The van der Waals surface area contributed by atoms with E-state index in [1.807, 2.05) is 31.3 Å². The zero-order valence-electron chi connectivity index (χ0n) is 13.2. The Bertz CT molecular complexity index is 620. The van der Waals surface area contributed by atoms with Crippen LogP contribution in [-0.4, -0.2) is 41.7 Å². The van der Waals surface area contributed by atoms with Crippen molar-refractivity contribution in [2.24, 2.45) is 5.92 Å². The van der Waals surface area contributed by atoms with E-state index in [4.69, 9.17) is 4.52 Å². The average Bonchev–Trinajstić information content (AvgIpc) is 2.96. The Hall–Kier alpha value is -0.950. The third-order valence-corrected chi connectivity index (χ3v) is 4.50. The Balaban J connectivity index is 0.00000192. The first-order valence-electron chi connectivity index (χ1n) is 7.70. The molecule has 1 unspecified atom stereocenters. The summed E-state index contributed by atoms with van der Waals surface area (Å²) in [7, 11) is 2.02. The Morgan fingerprint density at radius 1 is 1.43 bits per heavy atom. The maximum absolute atomic E-state index is 5.42. The van der Waals surface area contributed by atoms with Crippen LogP contribution in [0.4, 0.5) is 0 Å². The van der Waals surface area contributed by atoms with Gasteiger partial charge in [0.15, 0.2) is 0 Å². The molecule has 1 atom stereocenters. The van der Waals surface area contributed by atoms with Gasteiger partial charge in [-0.3, -0.25) is 4.90 Å². The molecule has 1 aromatic heterocycles. The molecule has 1 aromatic carbocycles. The number of hydrogen-bond acceptors (Lipinski definition) is 5. The maximum Gasteiger partial charge on any atom is 0.241 e. The highest BCUT2D eigenvalue weighted by Crippen LogP contribution is 2.22. The highest BCUT2D eigenvalue weighted by Gasteiger charge is 2.21. The summed E-state index contributed by atoms with van der Waals surface area (Å²) in [5.41, 5.74) is 0.969. The minimum absolute atomic E-state index is 0. The van der Waals surface area contributed by atoms with Crippen LogP contribution in [0, 0.1) is 5.92 Å². The van der Waals surface area contributed by atoms with Crippen molar-refractivity contribution in [2.75, 3.05) is 26.7 Å². The van der Waals surface area contributed by atoms with E-state index < -0.39 is 0 Å². The number of piperidine rings is 1. The number of rotatable bonds is 5. The number of hydrogen-bond donors (Lipinski definition) is 1. The normalized spacial score (nSPS) is 18.6. The number of nitrogens with zero attached hydrogens (tertiary/aromatic N) is 3. The van der Waals surface area contributed by atoms with Gasteiger partial charge in [0.2, 0.25) is 11.7 Å². The number of aromatic nitrogens is 2. The standard InChI is InChI=1S/C16H21BrN4O.ClH/c1-18-9-12-4-3-7-21(10-12)11-15-19-16(20-22-15)13-5-2-6-14(17)8-13;/h2,5-6,8,12,18H,3-4,7,9-11H2,1H3;1H. The van der Waals surface area contributed by atoms with E-state index in [1.54, 1.807) is 0 Å². The number of likely N-dealkylation sites (tertiary alicyclic amines) is 1. The van der Waals surface area contributed by atoms with Crippen LogP contribution in [0.1, 0.15) is 18.7 Å². The van der Waals surface area contributed by atoms with E-state index >= 15 is 0 Å². The van der Waals surface area contributed by atoms with Crippen molar-refractivity contribution in [3.63, 3.8) is 0 Å².